The average molecular weight is 731 g/mol. The Hall–Kier alpha value is -5.39. The van der Waals surface area contributed by atoms with Crippen LogP contribution in [-0.2, 0) is 0 Å². The molecule has 0 bridgehead atoms. The average Bonchev–Trinajstić information content (AvgIpc) is 3.26. The summed E-state index contributed by atoms with van der Waals surface area (Å²) in [5.41, 5.74) is 11.4. The predicted molar refractivity (Wildman–Crippen MR) is 237 cm³/mol. The normalized spacial score (nSPS) is 19.3. The second-order valence-corrected chi connectivity index (χ2v) is 15.6. The second-order valence-electron chi connectivity index (χ2n) is 13.5. The Bertz CT molecular complexity index is 2120. The van der Waals surface area contributed by atoms with Crippen molar-refractivity contribution in [2.45, 2.75) is 54.0 Å². The number of hydrogen-bond acceptors (Lipinski definition) is 4. The first-order valence-corrected chi connectivity index (χ1v) is 20.6. The van der Waals surface area contributed by atoms with Gasteiger partial charge in [-0.1, -0.05) is 139 Å². The van der Waals surface area contributed by atoms with Crippen LogP contribution in [0.5, 0.6) is 0 Å². The number of aromatic nitrogens is 3. The summed E-state index contributed by atoms with van der Waals surface area (Å²) in [6, 6.07) is 28.9. The highest BCUT2D eigenvalue weighted by atomic mass is 32.2. The Kier molecular flexibility index (Phi) is 14.5. The smallest absolute Gasteiger partial charge is 0.164 e. The van der Waals surface area contributed by atoms with Crippen molar-refractivity contribution in [2.24, 2.45) is 0 Å². The zero-order valence-corrected chi connectivity index (χ0v) is 33.8. The molecule has 4 aromatic rings. The molecule has 2 unspecified atom stereocenters. The van der Waals surface area contributed by atoms with Gasteiger partial charge in [-0.15, -0.1) is 0 Å². The highest BCUT2D eigenvalue weighted by Gasteiger charge is 2.21. The molecular weight excluding hydrogens is 677 g/mol. The SMILES string of the molecule is C=C(C/S(C)=C\C)C1=C/CCN(/C(C)=C/C=C\C(=C/C)c2cccc(-c3nc(-c4ccccc4)nc(-c4ccccc4)n3)c2)C(C)C(=C\C=C/C)/C(C)=C\1. The van der Waals surface area contributed by atoms with E-state index in [4.69, 9.17) is 15.0 Å². The van der Waals surface area contributed by atoms with Gasteiger partial charge >= 0.3 is 0 Å². The molecule has 1 aromatic heterocycles. The third-order valence-electron chi connectivity index (χ3n) is 9.69. The first kappa shape index (κ1) is 39.8. The van der Waals surface area contributed by atoms with E-state index in [-0.39, 0.29) is 16.5 Å². The Morgan fingerprint density at radius 1 is 0.852 bits per heavy atom. The summed E-state index contributed by atoms with van der Waals surface area (Å²) in [5.74, 6) is 2.95. The van der Waals surface area contributed by atoms with Crippen LogP contribution in [0, 0.1) is 0 Å². The molecule has 4 nitrogen and oxygen atoms in total. The number of allylic oxidation sites excluding steroid dienone is 11. The van der Waals surface area contributed by atoms with Crippen molar-refractivity contribution in [2.75, 3.05) is 18.6 Å². The van der Waals surface area contributed by atoms with E-state index in [0.29, 0.717) is 17.5 Å². The molecule has 0 amide bonds. The largest absolute Gasteiger partial charge is 0.368 e. The third kappa shape index (κ3) is 10.4. The fourth-order valence-corrected chi connectivity index (χ4v) is 7.47. The lowest BCUT2D eigenvalue weighted by Crippen LogP contribution is -2.34. The quantitative estimate of drug-likeness (QED) is 0.114. The zero-order chi connectivity index (χ0) is 38.5. The van der Waals surface area contributed by atoms with Gasteiger partial charge in [-0.05, 0) is 99.8 Å². The van der Waals surface area contributed by atoms with Crippen molar-refractivity contribution in [1.82, 2.24) is 19.9 Å². The highest BCUT2D eigenvalue weighted by molar-refractivity contribution is 8.14. The van der Waals surface area contributed by atoms with Crippen molar-refractivity contribution >= 4 is 21.4 Å². The maximum atomic E-state index is 4.95. The van der Waals surface area contributed by atoms with Crippen molar-refractivity contribution < 1.29 is 0 Å². The Morgan fingerprint density at radius 2 is 1.46 bits per heavy atom. The maximum Gasteiger partial charge on any atom is 0.164 e. The van der Waals surface area contributed by atoms with E-state index in [9.17, 15) is 0 Å². The summed E-state index contributed by atoms with van der Waals surface area (Å²) < 4.78 is 0. The topological polar surface area (TPSA) is 41.9 Å². The van der Waals surface area contributed by atoms with Crippen molar-refractivity contribution in [3.05, 3.63) is 180 Å². The Labute approximate surface area is 326 Å². The van der Waals surface area contributed by atoms with Gasteiger partial charge in [0.05, 0.1) is 6.04 Å². The van der Waals surface area contributed by atoms with Crippen LogP contribution < -0.4 is 0 Å². The first-order valence-electron chi connectivity index (χ1n) is 18.8. The van der Waals surface area contributed by atoms with E-state index < -0.39 is 0 Å². The fraction of sp³-hybridized carbons (Fsp3) is 0.224. The fourth-order valence-electron chi connectivity index (χ4n) is 6.59. The zero-order valence-electron chi connectivity index (χ0n) is 33.0. The van der Waals surface area contributed by atoms with Crippen LogP contribution in [0.2, 0.25) is 0 Å². The van der Waals surface area contributed by atoms with Crippen LogP contribution in [0.3, 0.4) is 0 Å². The predicted octanol–water partition coefficient (Wildman–Crippen LogP) is 12.5. The summed E-state index contributed by atoms with van der Waals surface area (Å²) >= 11 is 0. The molecule has 1 aliphatic heterocycles. The van der Waals surface area contributed by atoms with Gasteiger partial charge in [0.2, 0.25) is 0 Å². The van der Waals surface area contributed by atoms with Gasteiger partial charge in [-0.3, -0.25) is 0 Å². The molecule has 5 heteroatoms. The maximum absolute atomic E-state index is 4.95. The molecule has 5 rings (SSSR count). The minimum absolute atomic E-state index is 0.202. The number of nitrogens with zero attached hydrogens (tertiary/aromatic N) is 4. The van der Waals surface area contributed by atoms with E-state index in [0.717, 1.165) is 46.5 Å². The van der Waals surface area contributed by atoms with Gasteiger partial charge in [-0.2, -0.15) is 10.5 Å². The molecule has 0 aliphatic carbocycles. The lowest BCUT2D eigenvalue weighted by atomic mass is 9.95. The van der Waals surface area contributed by atoms with Gasteiger partial charge < -0.3 is 4.90 Å². The number of hydrogen-bond donors (Lipinski definition) is 0. The van der Waals surface area contributed by atoms with E-state index in [2.05, 4.69) is 144 Å². The Morgan fingerprint density at radius 3 is 2.06 bits per heavy atom. The molecule has 276 valence electrons. The van der Waals surface area contributed by atoms with Crippen LogP contribution in [-0.4, -0.2) is 49.8 Å². The molecule has 54 heavy (non-hydrogen) atoms. The second kappa shape index (κ2) is 19.6. The molecule has 2 atom stereocenters. The molecule has 0 fully saturated rings. The summed E-state index contributed by atoms with van der Waals surface area (Å²) in [6.45, 7) is 18.5. The van der Waals surface area contributed by atoms with Crippen LogP contribution in [0.25, 0.3) is 39.7 Å². The lowest BCUT2D eigenvalue weighted by Gasteiger charge is -2.33. The minimum atomic E-state index is 0.202. The molecule has 0 saturated carbocycles. The molecule has 0 saturated heterocycles. The number of benzene rings is 3. The molecule has 3 aromatic carbocycles. The third-order valence-corrected chi connectivity index (χ3v) is 11.3. The van der Waals surface area contributed by atoms with Gasteiger partial charge in [0.15, 0.2) is 17.5 Å². The van der Waals surface area contributed by atoms with Crippen LogP contribution in [0.4, 0.5) is 0 Å². The van der Waals surface area contributed by atoms with Crippen molar-refractivity contribution in [3.8, 4) is 34.2 Å². The van der Waals surface area contributed by atoms with Crippen molar-refractivity contribution in [1.29, 1.82) is 0 Å². The minimum Gasteiger partial charge on any atom is -0.368 e. The summed E-state index contributed by atoms with van der Waals surface area (Å²) in [7, 11) is 0.219. The summed E-state index contributed by atoms with van der Waals surface area (Å²) in [4.78, 5) is 17.3. The van der Waals surface area contributed by atoms with E-state index in [1.54, 1.807) is 0 Å². The monoisotopic (exact) mass is 730 g/mol. The molecule has 0 spiro atoms. The van der Waals surface area contributed by atoms with E-state index in [1.165, 1.54) is 28.0 Å². The van der Waals surface area contributed by atoms with Gasteiger partial charge in [0.1, 0.15) is 0 Å². The van der Waals surface area contributed by atoms with Crippen molar-refractivity contribution in [3.63, 3.8) is 0 Å². The standard InChI is InChI=1S/C49H54N4S/c1-9-12-31-46-36(4)33-43(37(5)35-54(8)11-3)30-21-32-53(39(46)7)38(6)22-19-27-40(10-2)44-28-20-29-45(34-44)49-51-47(41-23-15-13-16-24-41)50-48(52-49)42-25-17-14-18-26-42/h9-20,22-31,33-34,39H,5,21,32,35H2,1-4,6-8H3/b12-9-,27-19-,36-33-,38-22+,40-10+,43-30+,46-31-. The lowest BCUT2D eigenvalue weighted by molar-refractivity contribution is 0.305. The van der Waals surface area contributed by atoms with Gasteiger partial charge in [-0.25, -0.2) is 15.0 Å². The first-order chi connectivity index (χ1) is 26.2. The van der Waals surface area contributed by atoms with E-state index in [1.807, 2.05) is 60.7 Å². The van der Waals surface area contributed by atoms with Crippen LogP contribution >= 0.6 is 10.5 Å². The number of rotatable bonds is 11. The van der Waals surface area contributed by atoms with Crippen LogP contribution in [0.15, 0.2) is 174 Å². The molecular formula is C49H54N4S. The summed E-state index contributed by atoms with van der Waals surface area (Å²) in [6.07, 6.45) is 23.2. The van der Waals surface area contributed by atoms with Gasteiger partial charge in [0, 0.05) is 34.7 Å². The highest BCUT2D eigenvalue weighted by Crippen LogP contribution is 2.30. The summed E-state index contributed by atoms with van der Waals surface area (Å²) in [5, 5.41) is 2.29. The molecule has 0 radical (unpaired) electrons. The molecule has 2 heterocycles. The van der Waals surface area contributed by atoms with Gasteiger partial charge in [0.25, 0.3) is 0 Å². The van der Waals surface area contributed by atoms with E-state index >= 15 is 0 Å². The Balaban J connectivity index is 1.43. The molecule has 0 N–H and O–H groups in total. The van der Waals surface area contributed by atoms with Crippen LogP contribution in [0.1, 0.15) is 53.5 Å². The molecule has 1 aliphatic rings.